The predicted octanol–water partition coefficient (Wildman–Crippen LogP) is 7.89. The van der Waals surface area contributed by atoms with Gasteiger partial charge in [0, 0.05) is 0 Å². The van der Waals surface area contributed by atoms with Crippen molar-refractivity contribution >= 4 is 29.3 Å². The number of rotatable bonds is 7. The largest absolute Gasteiger partial charge is 0.481 e. The van der Waals surface area contributed by atoms with Gasteiger partial charge in [-0.25, -0.2) is 4.79 Å². The molecule has 0 radical (unpaired) electrons. The molecule has 2 bridgehead atoms. The van der Waals surface area contributed by atoms with E-state index in [2.05, 4.69) is 34.0 Å². The van der Waals surface area contributed by atoms with Gasteiger partial charge in [0.15, 0.2) is 0 Å². The van der Waals surface area contributed by atoms with E-state index in [1.54, 1.807) is 0 Å². The molecule has 1 atom stereocenters. The Bertz CT molecular complexity index is 1340. The zero-order valence-corrected chi connectivity index (χ0v) is 22.8. The molecule has 6 nitrogen and oxygen atoms in total. The molecule has 0 aliphatic heterocycles. The molecule has 0 spiro atoms. The molecule has 1 amide bonds. The quantitative estimate of drug-likeness (QED) is 0.324. The van der Waals surface area contributed by atoms with E-state index in [4.69, 9.17) is 4.74 Å². The maximum Gasteiger partial charge on any atom is 0.412 e. The summed E-state index contributed by atoms with van der Waals surface area (Å²) in [5.74, 6) is -0.570. The second kappa shape index (κ2) is 9.23. The molecule has 1 aromatic heterocycles. The number of carbonyl (C=O) groups is 2. The number of ether oxygens (including phenoxy) is 1. The van der Waals surface area contributed by atoms with Crippen LogP contribution in [0.15, 0.2) is 54.6 Å². The van der Waals surface area contributed by atoms with Crippen molar-refractivity contribution in [1.29, 1.82) is 0 Å². The number of nitrogens with zero attached hydrogens (tertiary/aromatic N) is 1. The summed E-state index contributed by atoms with van der Waals surface area (Å²) in [6.45, 7) is 3.75. The van der Waals surface area contributed by atoms with E-state index in [0.717, 1.165) is 73.1 Å². The first-order valence-corrected chi connectivity index (χ1v) is 14.4. The number of amides is 1. The van der Waals surface area contributed by atoms with Gasteiger partial charge >= 0.3 is 12.1 Å². The van der Waals surface area contributed by atoms with Gasteiger partial charge in [-0.3, -0.25) is 10.1 Å². The number of hydrogen-bond acceptors (Lipinski definition) is 5. The molecular weight excluding hydrogens is 496 g/mol. The Morgan fingerprint density at radius 2 is 1.58 bits per heavy atom. The van der Waals surface area contributed by atoms with Crippen LogP contribution in [0.3, 0.4) is 0 Å². The smallest absolute Gasteiger partial charge is 0.412 e. The van der Waals surface area contributed by atoms with Gasteiger partial charge in [0.25, 0.3) is 0 Å². The average molecular weight is 531 g/mol. The Labute approximate surface area is 227 Å². The van der Waals surface area contributed by atoms with Crippen LogP contribution in [0.1, 0.15) is 81.2 Å². The van der Waals surface area contributed by atoms with E-state index in [1.165, 1.54) is 17.1 Å². The Kier molecular flexibility index (Phi) is 6.10. The number of hydrogen-bond donors (Lipinski definition) is 2. The summed E-state index contributed by atoms with van der Waals surface area (Å²) in [6, 6.07) is 18.4. The lowest BCUT2D eigenvalue weighted by Crippen LogP contribution is -2.50. The zero-order valence-electron chi connectivity index (χ0n) is 22.0. The summed E-state index contributed by atoms with van der Waals surface area (Å²) in [5, 5.41) is 12.9. The van der Waals surface area contributed by atoms with E-state index in [9.17, 15) is 14.7 Å². The van der Waals surface area contributed by atoms with Gasteiger partial charge in [0.2, 0.25) is 0 Å². The molecule has 7 heteroatoms. The molecule has 1 heterocycles. The van der Waals surface area contributed by atoms with E-state index >= 15 is 0 Å². The van der Waals surface area contributed by atoms with E-state index in [1.807, 2.05) is 44.2 Å². The Morgan fingerprint density at radius 1 is 0.947 bits per heavy atom. The first-order valence-electron chi connectivity index (χ1n) is 13.6. The van der Waals surface area contributed by atoms with Crippen molar-refractivity contribution in [2.75, 3.05) is 5.32 Å². The fourth-order valence-electron chi connectivity index (χ4n) is 7.21. The number of carboxylic acids is 1. The molecule has 4 aliphatic rings. The third kappa shape index (κ3) is 4.03. The molecule has 0 saturated heterocycles. The van der Waals surface area contributed by atoms with Crippen molar-refractivity contribution in [3.05, 3.63) is 71.4 Å². The molecule has 3 aromatic rings. The number of carboxylic acid groups (broad SMARTS) is 1. The predicted molar refractivity (Wildman–Crippen MR) is 148 cm³/mol. The van der Waals surface area contributed by atoms with E-state index in [-0.39, 0.29) is 16.9 Å². The van der Waals surface area contributed by atoms with Crippen LogP contribution in [0.2, 0.25) is 0 Å². The van der Waals surface area contributed by atoms with E-state index in [0.29, 0.717) is 5.69 Å². The number of carbonyl (C=O) groups excluding carboxylic acids is 1. The maximum absolute atomic E-state index is 12.7. The molecule has 4 fully saturated rings. The molecule has 4 saturated carbocycles. The van der Waals surface area contributed by atoms with Gasteiger partial charge in [-0.15, -0.1) is 0 Å². The van der Waals surface area contributed by atoms with Crippen LogP contribution in [-0.4, -0.2) is 21.5 Å². The normalized spacial score (nSPS) is 25.9. The lowest BCUT2D eigenvalue weighted by Gasteiger charge is -2.56. The second-order valence-corrected chi connectivity index (χ2v) is 12.4. The van der Waals surface area contributed by atoms with Crippen LogP contribution in [-0.2, 0) is 14.9 Å². The van der Waals surface area contributed by atoms with Crippen molar-refractivity contribution in [2.45, 2.75) is 76.7 Å². The molecule has 2 aromatic carbocycles. The van der Waals surface area contributed by atoms with Crippen LogP contribution in [0.25, 0.3) is 10.4 Å². The highest BCUT2D eigenvalue weighted by atomic mass is 32.1. The first kappa shape index (κ1) is 25.1. The summed E-state index contributed by atoms with van der Waals surface area (Å²) in [4.78, 5) is 25.7. The van der Waals surface area contributed by atoms with Crippen molar-refractivity contribution in [3.8, 4) is 10.4 Å². The molecule has 0 unspecified atom stereocenters. The summed E-state index contributed by atoms with van der Waals surface area (Å²) in [6.07, 6.45) is 7.12. The third-order valence-corrected chi connectivity index (χ3v) is 10.8. The number of nitrogens with one attached hydrogen (secondary N) is 1. The number of anilines is 1. The molecule has 38 heavy (non-hydrogen) atoms. The van der Waals surface area contributed by atoms with Crippen molar-refractivity contribution in [3.63, 3.8) is 0 Å². The molecule has 7 rings (SSSR count). The van der Waals surface area contributed by atoms with Crippen LogP contribution in [0.5, 0.6) is 0 Å². The number of fused-ring (bicyclic) bond motifs is 3. The maximum atomic E-state index is 12.7. The van der Waals surface area contributed by atoms with Gasteiger partial charge in [-0.05, 0) is 104 Å². The highest BCUT2D eigenvalue weighted by Gasteiger charge is 2.67. The van der Waals surface area contributed by atoms with Gasteiger partial charge in [-0.2, -0.15) is 4.37 Å². The summed E-state index contributed by atoms with van der Waals surface area (Å²) in [7, 11) is 0. The Morgan fingerprint density at radius 3 is 2.16 bits per heavy atom. The number of benzene rings is 2. The van der Waals surface area contributed by atoms with Gasteiger partial charge in [0.05, 0.1) is 21.7 Å². The minimum atomic E-state index is -0.570. The summed E-state index contributed by atoms with van der Waals surface area (Å²) >= 11 is 1.38. The monoisotopic (exact) mass is 530 g/mol. The number of aryl methyl sites for hydroxylation is 1. The minimum Gasteiger partial charge on any atom is -0.481 e. The number of aliphatic carboxylic acids is 1. The van der Waals surface area contributed by atoms with Gasteiger partial charge in [-0.1, -0.05) is 54.6 Å². The van der Waals surface area contributed by atoms with Crippen LogP contribution >= 0.6 is 11.5 Å². The third-order valence-electron chi connectivity index (χ3n) is 9.82. The topological polar surface area (TPSA) is 88.5 Å². The summed E-state index contributed by atoms with van der Waals surface area (Å²) in [5.41, 5.74) is 4.47. The Balaban J connectivity index is 1.16. The zero-order chi connectivity index (χ0) is 26.5. The van der Waals surface area contributed by atoms with Crippen molar-refractivity contribution in [1.82, 2.24) is 4.37 Å². The summed E-state index contributed by atoms with van der Waals surface area (Å²) < 4.78 is 10.1. The fourth-order valence-corrected chi connectivity index (χ4v) is 8.06. The van der Waals surface area contributed by atoms with E-state index < -0.39 is 17.5 Å². The van der Waals surface area contributed by atoms with Gasteiger partial charge < -0.3 is 9.84 Å². The number of aromatic nitrogens is 1. The van der Waals surface area contributed by atoms with Gasteiger partial charge in [0.1, 0.15) is 6.10 Å². The van der Waals surface area contributed by atoms with Crippen LogP contribution in [0, 0.1) is 17.8 Å². The minimum absolute atomic E-state index is 0.00781. The highest BCUT2D eigenvalue weighted by molar-refractivity contribution is 7.10. The second-order valence-electron chi connectivity index (χ2n) is 11.6. The van der Waals surface area contributed by atoms with Crippen LogP contribution < -0.4 is 5.32 Å². The fraction of sp³-hybridized carbons (Fsp3) is 0.452. The standard InChI is InChI=1S/C31H34N2O4S/c1-20-25(32-28(36)37-21(2)22-6-4-3-5-7-22)26(38-33-20)23-8-10-24(11-9-23)29-12-15-30(16-13-29,17-14-29)31(18-19-31)27(34)35/h3-11,21H,12-19H2,1-2H3,(H,32,36)(H,34,35)/t21-,29?,30?/m1/s1. The molecular formula is C31H34N2O4S. The molecule has 2 N–H and O–H groups in total. The van der Waals surface area contributed by atoms with Crippen molar-refractivity contribution in [2.24, 2.45) is 10.8 Å². The van der Waals surface area contributed by atoms with Crippen molar-refractivity contribution < 1.29 is 19.4 Å². The lowest BCUT2D eigenvalue weighted by molar-refractivity contribution is -0.154. The molecule has 4 aliphatic carbocycles. The highest BCUT2D eigenvalue weighted by Crippen LogP contribution is 2.71. The lowest BCUT2D eigenvalue weighted by atomic mass is 9.47. The average Bonchev–Trinajstić information content (AvgIpc) is 3.71. The first-order chi connectivity index (χ1) is 18.3. The molecule has 198 valence electrons. The van der Waals surface area contributed by atoms with Crippen LogP contribution in [0.4, 0.5) is 10.5 Å². The SMILES string of the molecule is Cc1nsc(-c2ccc(C34CCC(C5(C(=O)O)CC5)(CC3)CC4)cc2)c1NC(=O)O[C@H](C)c1ccccc1. The Hall–Kier alpha value is -3.19.